The molecule has 6 heteroatoms. The molecular weight excluding hydrogens is 306 g/mol. The number of benzene rings is 1. The quantitative estimate of drug-likeness (QED) is 0.792. The van der Waals surface area contributed by atoms with Crippen molar-refractivity contribution in [3.05, 3.63) is 29.8 Å². The number of ether oxygens (including phenoxy) is 1. The van der Waals surface area contributed by atoms with E-state index in [1.54, 1.807) is 12.1 Å². The van der Waals surface area contributed by atoms with Gasteiger partial charge in [-0.1, -0.05) is 0 Å². The van der Waals surface area contributed by atoms with Crippen LogP contribution in [-0.2, 0) is 4.79 Å². The van der Waals surface area contributed by atoms with Gasteiger partial charge in [-0.3, -0.25) is 9.59 Å². The normalized spacial score (nSPS) is 15.2. The van der Waals surface area contributed by atoms with Gasteiger partial charge in [0.25, 0.3) is 5.91 Å². The zero-order valence-corrected chi connectivity index (χ0v) is 14.5. The highest BCUT2D eigenvalue weighted by Gasteiger charge is 2.24. The highest BCUT2D eigenvalue weighted by Crippen LogP contribution is 2.17. The first-order valence-electron chi connectivity index (χ1n) is 8.60. The molecule has 0 aromatic heterocycles. The van der Waals surface area contributed by atoms with Gasteiger partial charge in [-0.05, 0) is 51.1 Å². The second kappa shape index (κ2) is 9.27. The van der Waals surface area contributed by atoms with Crippen LogP contribution in [0.3, 0.4) is 0 Å². The Morgan fingerprint density at radius 3 is 2.46 bits per heavy atom. The zero-order chi connectivity index (χ0) is 17.4. The average molecular weight is 333 g/mol. The fourth-order valence-electron chi connectivity index (χ4n) is 2.81. The van der Waals surface area contributed by atoms with Gasteiger partial charge >= 0.3 is 0 Å². The Balaban J connectivity index is 1.80. The summed E-state index contributed by atoms with van der Waals surface area (Å²) < 4.78 is 5.40. The smallest absolute Gasteiger partial charge is 0.253 e. The van der Waals surface area contributed by atoms with Crippen LogP contribution in [0.1, 0.15) is 36.5 Å². The first-order chi connectivity index (χ1) is 11.6. The van der Waals surface area contributed by atoms with Crippen molar-refractivity contribution < 1.29 is 14.3 Å². The van der Waals surface area contributed by atoms with E-state index in [2.05, 4.69) is 10.6 Å². The van der Waals surface area contributed by atoms with Gasteiger partial charge < -0.3 is 20.3 Å². The van der Waals surface area contributed by atoms with E-state index in [9.17, 15) is 9.59 Å². The van der Waals surface area contributed by atoms with Crippen LogP contribution in [0.2, 0.25) is 0 Å². The summed E-state index contributed by atoms with van der Waals surface area (Å²) in [5.41, 5.74) is 0.676. The van der Waals surface area contributed by atoms with E-state index in [0.717, 1.165) is 18.6 Å². The maximum absolute atomic E-state index is 12.5. The minimum atomic E-state index is 0.0398. The van der Waals surface area contributed by atoms with Crippen molar-refractivity contribution in [3.63, 3.8) is 0 Å². The number of nitrogens with zero attached hydrogens (tertiary/aromatic N) is 1. The summed E-state index contributed by atoms with van der Waals surface area (Å²) in [5.74, 6) is 0.885. The first-order valence-corrected chi connectivity index (χ1v) is 8.60. The van der Waals surface area contributed by atoms with Gasteiger partial charge in [0.1, 0.15) is 5.75 Å². The van der Waals surface area contributed by atoms with Crippen LogP contribution in [0.25, 0.3) is 0 Å². The fourth-order valence-corrected chi connectivity index (χ4v) is 2.81. The summed E-state index contributed by atoms with van der Waals surface area (Å²) in [6.07, 6.45) is 2.09. The van der Waals surface area contributed by atoms with Crippen LogP contribution in [0.5, 0.6) is 5.75 Å². The molecule has 1 aromatic rings. The summed E-state index contributed by atoms with van der Waals surface area (Å²) in [5, 5.41) is 6.01. The van der Waals surface area contributed by atoms with Crippen molar-refractivity contribution in [1.82, 2.24) is 15.5 Å². The number of nitrogens with one attached hydrogen (secondary N) is 2. The molecule has 0 aliphatic carbocycles. The fraction of sp³-hybridized carbons (Fsp3) is 0.556. The van der Waals surface area contributed by atoms with Gasteiger partial charge in [-0.15, -0.1) is 0 Å². The van der Waals surface area contributed by atoms with E-state index < -0.39 is 0 Å². The van der Waals surface area contributed by atoms with Crippen molar-refractivity contribution in [2.24, 2.45) is 0 Å². The van der Waals surface area contributed by atoms with Gasteiger partial charge in [-0.2, -0.15) is 0 Å². The molecular formula is C18H27N3O3. The van der Waals surface area contributed by atoms with Crippen molar-refractivity contribution in [2.45, 2.75) is 32.2 Å². The predicted molar refractivity (Wildman–Crippen MR) is 93.2 cm³/mol. The summed E-state index contributed by atoms with van der Waals surface area (Å²) in [7, 11) is 1.83. The largest absolute Gasteiger partial charge is 0.494 e. The molecule has 0 atom stereocenters. The Labute approximate surface area is 143 Å². The van der Waals surface area contributed by atoms with E-state index in [4.69, 9.17) is 4.74 Å². The lowest BCUT2D eigenvalue weighted by Crippen LogP contribution is -2.46. The lowest BCUT2D eigenvalue weighted by Gasteiger charge is -2.32. The van der Waals surface area contributed by atoms with Crippen LogP contribution in [0.15, 0.2) is 24.3 Å². The average Bonchev–Trinajstić information content (AvgIpc) is 2.61. The van der Waals surface area contributed by atoms with E-state index >= 15 is 0 Å². The number of carbonyl (C=O) groups excluding carboxylic acids is 2. The number of rotatable bonds is 7. The Hall–Kier alpha value is -2.08. The third-order valence-corrected chi connectivity index (χ3v) is 4.16. The molecule has 2 rings (SSSR count). The molecule has 1 aliphatic heterocycles. The van der Waals surface area contributed by atoms with Crippen LogP contribution in [-0.4, -0.2) is 56.0 Å². The van der Waals surface area contributed by atoms with E-state index in [1.165, 1.54) is 0 Å². The number of carbonyl (C=O) groups is 2. The minimum absolute atomic E-state index is 0.0398. The van der Waals surface area contributed by atoms with Crippen LogP contribution in [0.4, 0.5) is 0 Å². The maximum Gasteiger partial charge on any atom is 0.253 e. The van der Waals surface area contributed by atoms with Gasteiger partial charge in [0.2, 0.25) is 5.91 Å². The molecule has 0 bridgehead atoms. The monoisotopic (exact) mass is 333 g/mol. The molecule has 1 heterocycles. The third kappa shape index (κ3) is 5.23. The first kappa shape index (κ1) is 18.3. The molecule has 0 radical (unpaired) electrons. The van der Waals surface area contributed by atoms with E-state index in [0.29, 0.717) is 38.2 Å². The highest BCUT2D eigenvalue weighted by atomic mass is 16.5. The van der Waals surface area contributed by atoms with Gasteiger partial charge in [0.05, 0.1) is 6.61 Å². The van der Waals surface area contributed by atoms with Crippen molar-refractivity contribution in [1.29, 1.82) is 0 Å². The van der Waals surface area contributed by atoms with Crippen molar-refractivity contribution in [2.75, 3.05) is 33.3 Å². The van der Waals surface area contributed by atoms with Crippen molar-refractivity contribution in [3.8, 4) is 5.75 Å². The zero-order valence-electron chi connectivity index (χ0n) is 14.5. The Kier molecular flexibility index (Phi) is 7.06. The van der Waals surface area contributed by atoms with Crippen LogP contribution in [0, 0.1) is 0 Å². The maximum atomic E-state index is 12.5. The molecule has 6 nitrogen and oxygen atoms in total. The Morgan fingerprint density at radius 2 is 1.88 bits per heavy atom. The molecule has 1 aromatic carbocycles. The molecule has 132 valence electrons. The highest BCUT2D eigenvalue weighted by molar-refractivity contribution is 5.94. The van der Waals surface area contributed by atoms with E-state index in [-0.39, 0.29) is 17.9 Å². The summed E-state index contributed by atoms with van der Waals surface area (Å²) in [6, 6.07) is 7.42. The second-order valence-electron chi connectivity index (χ2n) is 5.94. The lowest BCUT2D eigenvalue weighted by molar-refractivity contribution is -0.121. The van der Waals surface area contributed by atoms with Gasteiger partial charge in [0, 0.05) is 37.7 Å². The molecule has 0 saturated carbocycles. The molecule has 1 saturated heterocycles. The Morgan fingerprint density at radius 1 is 1.21 bits per heavy atom. The van der Waals surface area contributed by atoms with E-state index in [1.807, 2.05) is 31.0 Å². The minimum Gasteiger partial charge on any atom is -0.494 e. The standard InChI is InChI=1S/C18H27N3O3/c1-3-24-16-6-4-14(5-7-16)18(23)21-12-9-15(10-13-21)20-17(22)8-11-19-2/h4-7,15,19H,3,8-13H2,1-2H3,(H,20,22). The number of amides is 2. The lowest BCUT2D eigenvalue weighted by atomic mass is 10.0. The number of hydrogen-bond donors (Lipinski definition) is 2. The molecule has 2 amide bonds. The molecule has 0 spiro atoms. The predicted octanol–water partition coefficient (Wildman–Crippen LogP) is 1.42. The van der Waals surface area contributed by atoms with Gasteiger partial charge in [-0.25, -0.2) is 0 Å². The van der Waals surface area contributed by atoms with Crippen LogP contribution < -0.4 is 15.4 Å². The summed E-state index contributed by atoms with van der Waals surface area (Å²) in [4.78, 5) is 26.1. The number of piperidine rings is 1. The molecule has 2 N–H and O–H groups in total. The van der Waals surface area contributed by atoms with Crippen molar-refractivity contribution >= 4 is 11.8 Å². The third-order valence-electron chi connectivity index (χ3n) is 4.16. The molecule has 1 aliphatic rings. The molecule has 24 heavy (non-hydrogen) atoms. The van der Waals surface area contributed by atoms with Gasteiger partial charge in [0.15, 0.2) is 0 Å². The second-order valence-corrected chi connectivity index (χ2v) is 5.94. The summed E-state index contributed by atoms with van der Waals surface area (Å²) >= 11 is 0. The Bertz CT molecular complexity index is 537. The topological polar surface area (TPSA) is 70.7 Å². The molecule has 0 unspecified atom stereocenters. The number of hydrogen-bond acceptors (Lipinski definition) is 4. The van der Waals surface area contributed by atoms with Crippen LogP contribution >= 0.6 is 0 Å². The number of likely N-dealkylation sites (tertiary alicyclic amines) is 1. The molecule has 1 fully saturated rings. The summed E-state index contributed by atoms with van der Waals surface area (Å²) in [6.45, 7) is 4.56. The SMILES string of the molecule is CCOc1ccc(C(=O)N2CCC(NC(=O)CCNC)CC2)cc1.